The minimum Gasteiger partial charge on any atom is -0.508 e. The molecular weight excluding hydrogens is 436 g/mol. The van der Waals surface area contributed by atoms with Crippen LogP contribution in [-0.2, 0) is 27.2 Å². The van der Waals surface area contributed by atoms with Gasteiger partial charge < -0.3 is 31.6 Å². The number of hydrogen-bond acceptors (Lipinski definition) is 5. The molecule has 0 fully saturated rings. The van der Waals surface area contributed by atoms with Crippen molar-refractivity contribution in [2.75, 3.05) is 6.54 Å². The SMILES string of the molecule is NCCCC(NC(=O)C(Cc1c[nH]c2ccccc12)NC(=O)CCc1ccc(O)cc1)C(=O)O. The number of para-hydroxylation sites is 1. The van der Waals surface area contributed by atoms with Gasteiger partial charge >= 0.3 is 5.97 Å². The number of aromatic nitrogens is 1. The number of carboxylic acid groups (broad SMARTS) is 1. The van der Waals surface area contributed by atoms with Gasteiger partial charge in [-0.2, -0.15) is 0 Å². The monoisotopic (exact) mass is 466 g/mol. The smallest absolute Gasteiger partial charge is 0.326 e. The second-order valence-electron chi connectivity index (χ2n) is 8.18. The summed E-state index contributed by atoms with van der Waals surface area (Å²) < 4.78 is 0. The average molecular weight is 467 g/mol. The quantitative estimate of drug-likeness (QED) is 0.239. The molecule has 1 heterocycles. The van der Waals surface area contributed by atoms with Crippen LogP contribution in [0.25, 0.3) is 10.9 Å². The lowest BCUT2D eigenvalue weighted by Gasteiger charge is -2.21. The fraction of sp³-hybridized carbons (Fsp3) is 0.320. The molecule has 0 aliphatic rings. The van der Waals surface area contributed by atoms with Gasteiger partial charge in [0, 0.05) is 29.9 Å². The third-order valence-corrected chi connectivity index (χ3v) is 5.64. The van der Waals surface area contributed by atoms with Gasteiger partial charge in [0.1, 0.15) is 17.8 Å². The fourth-order valence-corrected chi connectivity index (χ4v) is 3.77. The molecule has 3 aromatic rings. The van der Waals surface area contributed by atoms with Crippen LogP contribution in [0, 0.1) is 0 Å². The van der Waals surface area contributed by atoms with E-state index < -0.39 is 24.0 Å². The Morgan fingerprint density at radius 3 is 2.44 bits per heavy atom. The maximum absolute atomic E-state index is 13.1. The second-order valence-corrected chi connectivity index (χ2v) is 8.18. The minimum atomic E-state index is -1.15. The molecule has 0 aliphatic carbocycles. The first-order chi connectivity index (χ1) is 16.4. The van der Waals surface area contributed by atoms with E-state index in [1.54, 1.807) is 30.5 Å². The van der Waals surface area contributed by atoms with E-state index in [1.807, 2.05) is 24.3 Å². The van der Waals surface area contributed by atoms with Gasteiger partial charge in [-0.1, -0.05) is 30.3 Å². The first-order valence-electron chi connectivity index (χ1n) is 11.2. The van der Waals surface area contributed by atoms with Crippen LogP contribution in [0.5, 0.6) is 5.75 Å². The zero-order valence-corrected chi connectivity index (χ0v) is 18.8. The van der Waals surface area contributed by atoms with Crippen LogP contribution in [0.3, 0.4) is 0 Å². The number of rotatable bonds is 12. The largest absolute Gasteiger partial charge is 0.508 e. The van der Waals surface area contributed by atoms with Crippen LogP contribution in [0.1, 0.15) is 30.4 Å². The number of aromatic hydroxyl groups is 1. The Kier molecular flexibility index (Phi) is 8.64. The number of hydrogen-bond donors (Lipinski definition) is 6. The number of carbonyl (C=O) groups is 3. The molecule has 0 saturated heterocycles. The summed E-state index contributed by atoms with van der Waals surface area (Å²) in [4.78, 5) is 40.5. The summed E-state index contributed by atoms with van der Waals surface area (Å²) >= 11 is 0. The Hall–Kier alpha value is -3.85. The molecule has 1 aromatic heterocycles. The molecule has 2 unspecified atom stereocenters. The van der Waals surface area contributed by atoms with Crippen molar-refractivity contribution >= 4 is 28.7 Å². The van der Waals surface area contributed by atoms with Gasteiger partial charge in [-0.05, 0) is 55.1 Å². The van der Waals surface area contributed by atoms with Crippen LogP contribution in [0.4, 0.5) is 0 Å². The highest BCUT2D eigenvalue weighted by Gasteiger charge is 2.27. The molecule has 34 heavy (non-hydrogen) atoms. The van der Waals surface area contributed by atoms with Gasteiger partial charge in [0.15, 0.2) is 0 Å². The van der Waals surface area contributed by atoms with E-state index in [-0.39, 0.29) is 30.9 Å². The normalized spacial score (nSPS) is 12.7. The highest BCUT2D eigenvalue weighted by molar-refractivity contribution is 5.91. The maximum Gasteiger partial charge on any atom is 0.326 e. The van der Waals surface area contributed by atoms with Crippen LogP contribution in [-0.4, -0.2) is 51.6 Å². The Balaban J connectivity index is 1.73. The highest BCUT2D eigenvalue weighted by Crippen LogP contribution is 2.19. The van der Waals surface area contributed by atoms with E-state index in [2.05, 4.69) is 15.6 Å². The van der Waals surface area contributed by atoms with Crippen molar-refractivity contribution in [2.24, 2.45) is 5.73 Å². The molecule has 180 valence electrons. The number of phenols is 1. The molecule has 2 atom stereocenters. The van der Waals surface area contributed by atoms with E-state index in [1.165, 1.54) is 0 Å². The highest BCUT2D eigenvalue weighted by atomic mass is 16.4. The summed E-state index contributed by atoms with van der Waals surface area (Å²) in [6.07, 6.45) is 3.20. The Morgan fingerprint density at radius 1 is 1.00 bits per heavy atom. The minimum absolute atomic E-state index is 0.137. The fourth-order valence-electron chi connectivity index (χ4n) is 3.77. The van der Waals surface area contributed by atoms with Crippen molar-refractivity contribution in [2.45, 2.75) is 44.2 Å². The predicted octanol–water partition coefficient (Wildman–Crippen LogP) is 1.84. The van der Waals surface area contributed by atoms with E-state index in [9.17, 15) is 24.6 Å². The van der Waals surface area contributed by atoms with Gasteiger partial charge in [-0.15, -0.1) is 0 Å². The molecule has 2 aromatic carbocycles. The van der Waals surface area contributed by atoms with Gasteiger partial charge in [-0.25, -0.2) is 4.79 Å². The van der Waals surface area contributed by atoms with Crippen LogP contribution in [0.15, 0.2) is 54.7 Å². The van der Waals surface area contributed by atoms with Gasteiger partial charge in [0.05, 0.1) is 0 Å². The van der Waals surface area contributed by atoms with Crippen molar-refractivity contribution in [1.82, 2.24) is 15.6 Å². The lowest BCUT2D eigenvalue weighted by molar-refractivity contribution is -0.142. The predicted molar refractivity (Wildman–Crippen MR) is 128 cm³/mol. The molecule has 0 aliphatic heterocycles. The van der Waals surface area contributed by atoms with Crippen LogP contribution < -0.4 is 16.4 Å². The molecule has 2 amide bonds. The number of nitrogens with two attached hydrogens (primary N) is 1. The van der Waals surface area contributed by atoms with Gasteiger partial charge in [0.25, 0.3) is 0 Å². The summed E-state index contributed by atoms with van der Waals surface area (Å²) in [5, 5.41) is 25.1. The Bertz CT molecular complexity index is 1130. The molecular formula is C25H30N4O5. The lowest BCUT2D eigenvalue weighted by Crippen LogP contribution is -2.52. The summed E-state index contributed by atoms with van der Waals surface area (Å²) in [5.41, 5.74) is 8.10. The molecule has 0 radical (unpaired) electrons. The average Bonchev–Trinajstić information content (AvgIpc) is 3.23. The summed E-state index contributed by atoms with van der Waals surface area (Å²) in [6, 6.07) is 12.1. The van der Waals surface area contributed by atoms with E-state index >= 15 is 0 Å². The van der Waals surface area contributed by atoms with Crippen molar-refractivity contribution in [3.63, 3.8) is 0 Å². The molecule has 0 spiro atoms. The number of carboxylic acids is 1. The summed E-state index contributed by atoms with van der Waals surface area (Å²) in [7, 11) is 0. The maximum atomic E-state index is 13.1. The lowest BCUT2D eigenvalue weighted by atomic mass is 10.0. The Morgan fingerprint density at radius 2 is 1.74 bits per heavy atom. The third kappa shape index (κ3) is 6.82. The van der Waals surface area contributed by atoms with Crippen molar-refractivity contribution in [1.29, 1.82) is 0 Å². The van der Waals surface area contributed by atoms with Crippen molar-refractivity contribution in [3.05, 3.63) is 65.9 Å². The first kappa shape index (κ1) is 24.8. The summed E-state index contributed by atoms with van der Waals surface area (Å²) in [6.45, 7) is 0.312. The second kappa shape index (κ2) is 11.9. The topological polar surface area (TPSA) is 158 Å². The molecule has 9 heteroatoms. The zero-order valence-electron chi connectivity index (χ0n) is 18.8. The summed E-state index contributed by atoms with van der Waals surface area (Å²) in [5.74, 6) is -1.90. The number of H-pyrrole nitrogens is 1. The number of aliphatic carboxylic acids is 1. The molecule has 7 N–H and O–H groups in total. The number of aromatic amines is 1. The zero-order chi connectivity index (χ0) is 24.5. The number of amides is 2. The van der Waals surface area contributed by atoms with E-state index in [4.69, 9.17) is 5.73 Å². The molecule has 0 saturated carbocycles. The third-order valence-electron chi connectivity index (χ3n) is 5.64. The Labute approximate surface area is 197 Å². The number of benzene rings is 2. The van der Waals surface area contributed by atoms with Crippen LogP contribution >= 0.6 is 0 Å². The standard InChI is InChI=1S/C25H30N4O5/c26-13-3-6-21(25(33)34)29-24(32)22(14-17-15-27-20-5-2-1-4-19(17)20)28-23(31)12-9-16-7-10-18(30)11-8-16/h1-2,4-5,7-8,10-11,15,21-22,27,30H,3,6,9,12-14,26H2,(H,28,31)(H,29,32)(H,33,34). The number of aryl methyl sites for hydroxylation is 1. The van der Waals surface area contributed by atoms with E-state index in [0.29, 0.717) is 19.4 Å². The van der Waals surface area contributed by atoms with Gasteiger partial charge in [0.2, 0.25) is 11.8 Å². The van der Waals surface area contributed by atoms with E-state index in [0.717, 1.165) is 22.0 Å². The number of phenolic OH excluding ortho intramolecular Hbond substituents is 1. The number of carbonyl (C=O) groups excluding carboxylic acids is 2. The number of nitrogens with one attached hydrogen (secondary N) is 3. The van der Waals surface area contributed by atoms with Crippen LogP contribution in [0.2, 0.25) is 0 Å². The molecule has 3 rings (SSSR count). The van der Waals surface area contributed by atoms with Crippen molar-refractivity contribution < 1.29 is 24.6 Å². The van der Waals surface area contributed by atoms with Gasteiger partial charge in [-0.3, -0.25) is 9.59 Å². The van der Waals surface area contributed by atoms with Crippen molar-refractivity contribution in [3.8, 4) is 5.75 Å². The number of fused-ring (bicyclic) bond motifs is 1. The molecule has 0 bridgehead atoms. The molecule has 9 nitrogen and oxygen atoms in total. The first-order valence-corrected chi connectivity index (χ1v) is 11.2.